The number of methoxy groups -OCH3 is 2. The van der Waals surface area contributed by atoms with Gasteiger partial charge in [-0.25, -0.2) is 4.68 Å². The van der Waals surface area contributed by atoms with Crippen molar-refractivity contribution < 1.29 is 14.3 Å². The molecule has 1 fully saturated rings. The van der Waals surface area contributed by atoms with Crippen LogP contribution >= 0.6 is 0 Å². The molecule has 1 unspecified atom stereocenters. The lowest BCUT2D eigenvalue weighted by Crippen LogP contribution is -2.33. The second kappa shape index (κ2) is 7.26. The van der Waals surface area contributed by atoms with Crippen molar-refractivity contribution in [3.8, 4) is 11.5 Å². The number of benzene rings is 2. The third-order valence-corrected chi connectivity index (χ3v) is 5.07. The van der Waals surface area contributed by atoms with Crippen LogP contribution in [-0.2, 0) is 11.3 Å². The monoisotopic (exact) mass is 366 g/mol. The van der Waals surface area contributed by atoms with Crippen molar-refractivity contribution in [3.05, 3.63) is 48.0 Å². The fourth-order valence-electron chi connectivity index (χ4n) is 3.74. The lowest BCUT2D eigenvalue weighted by molar-refractivity contribution is -0.132. The second-order valence-corrected chi connectivity index (χ2v) is 6.59. The summed E-state index contributed by atoms with van der Waals surface area (Å²) in [5, 5.41) is 8.27. The van der Waals surface area contributed by atoms with Gasteiger partial charge in [0, 0.05) is 12.1 Å². The fraction of sp³-hybridized carbons (Fsp3) is 0.350. The smallest absolute Gasteiger partial charge is 0.244 e. The summed E-state index contributed by atoms with van der Waals surface area (Å²) in [4.78, 5) is 15.0. The van der Waals surface area contributed by atoms with E-state index in [4.69, 9.17) is 9.47 Å². The number of rotatable bonds is 5. The SMILES string of the molecule is COc1ccc(OC)c(C2CCCN2C(=O)Cn2nnc3ccccc32)c1. The third kappa shape index (κ3) is 3.20. The molecule has 140 valence electrons. The van der Waals surface area contributed by atoms with Crippen LogP contribution in [0.4, 0.5) is 0 Å². The number of hydrogen-bond donors (Lipinski definition) is 0. The van der Waals surface area contributed by atoms with Gasteiger partial charge in [0.1, 0.15) is 23.6 Å². The van der Waals surface area contributed by atoms with E-state index in [1.165, 1.54) is 0 Å². The average Bonchev–Trinajstić information content (AvgIpc) is 3.35. The molecule has 7 heteroatoms. The summed E-state index contributed by atoms with van der Waals surface area (Å²) in [5.41, 5.74) is 2.63. The number of fused-ring (bicyclic) bond motifs is 1. The lowest BCUT2D eigenvalue weighted by Gasteiger charge is -2.26. The molecule has 4 rings (SSSR count). The third-order valence-electron chi connectivity index (χ3n) is 5.07. The summed E-state index contributed by atoms with van der Waals surface area (Å²) in [5.74, 6) is 1.55. The Labute approximate surface area is 157 Å². The van der Waals surface area contributed by atoms with Crippen molar-refractivity contribution in [1.29, 1.82) is 0 Å². The van der Waals surface area contributed by atoms with Crippen LogP contribution in [0, 0.1) is 0 Å². The predicted octanol–water partition coefficient (Wildman–Crippen LogP) is 2.81. The standard InChI is InChI=1S/C20H22N4O3/c1-26-14-9-10-19(27-2)15(12-14)17-8-5-11-23(17)20(25)13-24-18-7-4-3-6-16(18)21-22-24/h3-4,6-7,9-10,12,17H,5,8,11,13H2,1-2H3. The van der Waals surface area contributed by atoms with E-state index in [0.29, 0.717) is 0 Å². The van der Waals surface area contributed by atoms with Crippen LogP contribution < -0.4 is 9.47 Å². The van der Waals surface area contributed by atoms with Crippen molar-refractivity contribution in [2.45, 2.75) is 25.4 Å². The molecule has 1 aromatic heterocycles. The topological polar surface area (TPSA) is 69.5 Å². The molecule has 2 aromatic carbocycles. The summed E-state index contributed by atoms with van der Waals surface area (Å²) in [6.07, 6.45) is 1.85. The molecule has 0 aliphatic carbocycles. The van der Waals surface area contributed by atoms with E-state index in [-0.39, 0.29) is 18.5 Å². The van der Waals surface area contributed by atoms with Crippen molar-refractivity contribution >= 4 is 16.9 Å². The quantitative estimate of drug-likeness (QED) is 0.694. The Bertz CT molecular complexity index is 969. The highest BCUT2D eigenvalue weighted by molar-refractivity contribution is 5.80. The van der Waals surface area contributed by atoms with Crippen LogP contribution in [0.2, 0.25) is 0 Å². The zero-order valence-electron chi connectivity index (χ0n) is 15.5. The number of amides is 1. The molecule has 0 saturated carbocycles. The van der Waals surface area contributed by atoms with Gasteiger partial charge in [0.2, 0.25) is 5.91 Å². The van der Waals surface area contributed by atoms with Gasteiger partial charge in [0.05, 0.1) is 25.8 Å². The average molecular weight is 366 g/mol. The number of carbonyl (C=O) groups is 1. The maximum absolute atomic E-state index is 13.1. The molecule has 2 heterocycles. The Morgan fingerprint density at radius 3 is 2.85 bits per heavy atom. The zero-order chi connectivity index (χ0) is 18.8. The molecule has 1 amide bonds. The minimum absolute atomic E-state index is 0.0260. The minimum atomic E-state index is -0.0302. The minimum Gasteiger partial charge on any atom is -0.497 e. The summed E-state index contributed by atoms with van der Waals surface area (Å²) in [6.45, 7) is 0.889. The highest BCUT2D eigenvalue weighted by Crippen LogP contribution is 2.39. The first-order chi connectivity index (χ1) is 13.2. The van der Waals surface area contributed by atoms with Crippen LogP contribution in [-0.4, -0.2) is 46.6 Å². The van der Waals surface area contributed by atoms with Crippen LogP contribution in [0.5, 0.6) is 11.5 Å². The lowest BCUT2D eigenvalue weighted by atomic mass is 10.0. The van der Waals surface area contributed by atoms with E-state index in [0.717, 1.165) is 47.5 Å². The number of nitrogens with zero attached hydrogens (tertiary/aromatic N) is 4. The van der Waals surface area contributed by atoms with E-state index < -0.39 is 0 Å². The molecule has 0 bridgehead atoms. The predicted molar refractivity (Wildman–Crippen MR) is 101 cm³/mol. The van der Waals surface area contributed by atoms with E-state index in [1.807, 2.05) is 47.4 Å². The Balaban J connectivity index is 1.60. The Morgan fingerprint density at radius 2 is 2.04 bits per heavy atom. The van der Waals surface area contributed by atoms with Gasteiger partial charge in [-0.05, 0) is 43.2 Å². The van der Waals surface area contributed by atoms with Crippen molar-refractivity contribution in [2.75, 3.05) is 20.8 Å². The van der Waals surface area contributed by atoms with Gasteiger partial charge < -0.3 is 14.4 Å². The van der Waals surface area contributed by atoms with Gasteiger partial charge >= 0.3 is 0 Å². The molecule has 1 atom stereocenters. The molecule has 0 N–H and O–H groups in total. The molecule has 0 radical (unpaired) electrons. The van der Waals surface area contributed by atoms with Gasteiger partial charge in [-0.3, -0.25) is 4.79 Å². The number of ether oxygens (including phenoxy) is 2. The zero-order valence-corrected chi connectivity index (χ0v) is 15.5. The molecule has 3 aromatic rings. The van der Waals surface area contributed by atoms with Crippen molar-refractivity contribution in [3.63, 3.8) is 0 Å². The highest BCUT2D eigenvalue weighted by Gasteiger charge is 2.32. The number of likely N-dealkylation sites (tertiary alicyclic amines) is 1. The Morgan fingerprint density at radius 1 is 1.19 bits per heavy atom. The summed E-state index contributed by atoms with van der Waals surface area (Å²) >= 11 is 0. The van der Waals surface area contributed by atoms with Crippen LogP contribution in [0.1, 0.15) is 24.4 Å². The molecule has 0 spiro atoms. The second-order valence-electron chi connectivity index (χ2n) is 6.59. The molecule has 1 saturated heterocycles. The van der Waals surface area contributed by atoms with Crippen LogP contribution in [0.15, 0.2) is 42.5 Å². The van der Waals surface area contributed by atoms with Gasteiger partial charge in [0.25, 0.3) is 0 Å². The Kier molecular flexibility index (Phi) is 4.66. The number of carbonyl (C=O) groups excluding carboxylic acids is 1. The number of para-hydroxylation sites is 1. The van der Waals surface area contributed by atoms with Gasteiger partial charge in [-0.2, -0.15) is 0 Å². The summed E-state index contributed by atoms with van der Waals surface area (Å²) < 4.78 is 12.6. The first-order valence-electron chi connectivity index (χ1n) is 9.01. The first kappa shape index (κ1) is 17.3. The molecule has 1 aliphatic rings. The summed E-state index contributed by atoms with van der Waals surface area (Å²) in [6, 6.07) is 13.3. The number of aromatic nitrogens is 3. The molecular formula is C20H22N4O3. The van der Waals surface area contributed by atoms with Gasteiger partial charge in [-0.15, -0.1) is 5.10 Å². The normalized spacial score (nSPS) is 16.7. The van der Waals surface area contributed by atoms with E-state index in [1.54, 1.807) is 18.9 Å². The van der Waals surface area contributed by atoms with Crippen LogP contribution in [0.25, 0.3) is 11.0 Å². The maximum Gasteiger partial charge on any atom is 0.244 e. The summed E-state index contributed by atoms with van der Waals surface area (Å²) in [7, 11) is 3.28. The van der Waals surface area contributed by atoms with E-state index in [2.05, 4.69) is 10.3 Å². The van der Waals surface area contributed by atoms with Gasteiger partial charge in [0.15, 0.2) is 0 Å². The highest BCUT2D eigenvalue weighted by atomic mass is 16.5. The van der Waals surface area contributed by atoms with E-state index in [9.17, 15) is 4.79 Å². The van der Waals surface area contributed by atoms with E-state index >= 15 is 0 Å². The molecule has 7 nitrogen and oxygen atoms in total. The Hall–Kier alpha value is -3.09. The van der Waals surface area contributed by atoms with Crippen molar-refractivity contribution in [2.24, 2.45) is 0 Å². The fourth-order valence-corrected chi connectivity index (χ4v) is 3.74. The maximum atomic E-state index is 13.1. The molecular weight excluding hydrogens is 344 g/mol. The molecule has 1 aliphatic heterocycles. The largest absolute Gasteiger partial charge is 0.497 e. The molecule has 27 heavy (non-hydrogen) atoms. The van der Waals surface area contributed by atoms with Crippen LogP contribution in [0.3, 0.4) is 0 Å². The first-order valence-corrected chi connectivity index (χ1v) is 9.01. The number of hydrogen-bond acceptors (Lipinski definition) is 5. The van der Waals surface area contributed by atoms with Crippen molar-refractivity contribution in [1.82, 2.24) is 19.9 Å². The van der Waals surface area contributed by atoms with Gasteiger partial charge in [-0.1, -0.05) is 17.3 Å².